The summed E-state index contributed by atoms with van der Waals surface area (Å²) in [7, 11) is -1.59. The lowest BCUT2D eigenvalue weighted by Gasteiger charge is -2.21. The predicted molar refractivity (Wildman–Crippen MR) is 90.5 cm³/mol. The van der Waals surface area contributed by atoms with Gasteiger partial charge in [-0.25, -0.2) is 8.42 Å². The Kier molecular flexibility index (Phi) is 7.18. The Morgan fingerprint density at radius 1 is 1.14 bits per heavy atom. The molecule has 0 aliphatic carbocycles. The first kappa shape index (κ1) is 18.0. The van der Waals surface area contributed by atoms with E-state index in [4.69, 9.17) is 0 Å². The highest BCUT2D eigenvalue weighted by Crippen LogP contribution is 2.22. The zero-order chi connectivity index (χ0) is 15.9. The fourth-order valence-electron chi connectivity index (χ4n) is 2.28. The third-order valence-electron chi connectivity index (χ3n) is 3.54. The summed E-state index contributed by atoms with van der Waals surface area (Å²) in [5.41, 5.74) is 2.90. The summed E-state index contributed by atoms with van der Waals surface area (Å²) >= 11 is 0. The monoisotopic (exact) mass is 312 g/mol. The third kappa shape index (κ3) is 5.67. The van der Waals surface area contributed by atoms with Crippen LogP contribution < -0.4 is 9.62 Å². The molecular formula is C16H28N2O2S. The van der Waals surface area contributed by atoms with E-state index in [2.05, 4.69) is 12.2 Å². The Morgan fingerprint density at radius 3 is 2.48 bits per heavy atom. The molecule has 1 rings (SSSR count). The molecule has 120 valence electrons. The quantitative estimate of drug-likeness (QED) is 0.713. The van der Waals surface area contributed by atoms with Gasteiger partial charge in [0.15, 0.2) is 0 Å². The van der Waals surface area contributed by atoms with Gasteiger partial charge in [0.25, 0.3) is 0 Å². The van der Waals surface area contributed by atoms with Crippen molar-refractivity contribution in [2.24, 2.45) is 0 Å². The van der Waals surface area contributed by atoms with Gasteiger partial charge in [-0.15, -0.1) is 0 Å². The van der Waals surface area contributed by atoms with Crippen molar-refractivity contribution in [2.75, 3.05) is 30.2 Å². The molecule has 1 aromatic rings. The van der Waals surface area contributed by atoms with Crippen LogP contribution in [-0.4, -0.2) is 34.3 Å². The van der Waals surface area contributed by atoms with E-state index >= 15 is 0 Å². The van der Waals surface area contributed by atoms with Crippen LogP contribution in [0.5, 0.6) is 0 Å². The average Bonchev–Trinajstić information content (AvgIpc) is 2.42. The zero-order valence-corrected chi connectivity index (χ0v) is 14.5. The molecule has 4 nitrogen and oxygen atoms in total. The van der Waals surface area contributed by atoms with Gasteiger partial charge in [0.1, 0.15) is 0 Å². The number of hydrogen-bond acceptors (Lipinski definition) is 3. The topological polar surface area (TPSA) is 49.4 Å². The number of nitrogens with zero attached hydrogens (tertiary/aromatic N) is 1. The van der Waals surface area contributed by atoms with Crippen LogP contribution in [0.2, 0.25) is 0 Å². The second kappa shape index (κ2) is 8.39. The number of benzene rings is 1. The Bertz CT molecular complexity index is 541. The summed E-state index contributed by atoms with van der Waals surface area (Å²) in [5.74, 6) is 0.199. The summed E-state index contributed by atoms with van der Waals surface area (Å²) in [4.78, 5) is 0. The fourth-order valence-corrected chi connectivity index (χ4v) is 3.63. The van der Waals surface area contributed by atoms with Crippen molar-refractivity contribution in [3.05, 3.63) is 29.3 Å². The van der Waals surface area contributed by atoms with Gasteiger partial charge < -0.3 is 5.32 Å². The first-order chi connectivity index (χ1) is 9.88. The third-order valence-corrected chi connectivity index (χ3v) is 5.38. The first-order valence-corrected chi connectivity index (χ1v) is 9.24. The maximum absolute atomic E-state index is 12.4. The van der Waals surface area contributed by atoms with Gasteiger partial charge >= 0.3 is 0 Å². The molecule has 0 aliphatic rings. The number of sulfonamides is 1. The normalized spacial score (nSPS) is 11.6. The zero-order valence-electron chi connectivity index (χ0n) is 13.6. The van der Waals surface area contributed by atoms with Crippen molar-refractivity contribution in [1.82, 2.24) is 5.32 Å². The molecule has 0 heterocycles. The summed E-state index contributed by atoms with van der Waals surface area (Å²) in [6.45, 7) is 7.96. The Morgan fingerprint density at radius 2 is 1.86 bits per heavy atom. The minimum Gasteiger partial charge on any atom is -0.317 e. The number of hydrogen-bond donors (Lipinski definition) is 1. The molecule has 0 fully saturated rings. The van der Waals surface area contributed by atoms with Crippen molar-refractivity contribution >= 4 is 15.7 Å². The molecule has 1 aromatic carbocycles. The van der Waals surface area contributed by atoms with Crippen LogP contribution in [0.1, 0.15) is 37.3 Å². The molecule has 0 saturated heterocycles. The molecule has 0 atom stereocenters. The van der Waals surface area contributed by atoms with E-state index in [1.54, 1.807) is 7.05 Å². The standard InChI is InChI=1S/C16H28N2O2S/c1-5-10-17-11-6-7-12-21(19,20)18(4)16-9-8-14(2)13-15(16)3/h8-9,13,17H,5-7,10-12H2,1-4H3. The van der Waals surface area contributed by atoms with Crippen molar-refractivity contribution in [2.45, 2.75) is 40.0 Å². The highest BCUT2D eigenvalue weighted by atomic mass is 32.2. The van der Waals surface area contributed by atoms with Gasteiger partial charge in [-0.2, -0.15) is 0 Å². The minimum absolute atomic E-state index is 0.199. The Labute approximate surface area is 129 Å². The van der Waals surface area contributed by atoms with Crippen LogP contribution >= 0.6 is 0 Å². The minimum atomic E-state index is -3.24. The second-order valence-corrected chi connectivity index (χ2v) is 7.65. The van der Waals surface area contributed by atoms with E-state index < -0.39 is 10.0 Å². The molecule has 5 heteroatoms. The molecule has 1 N–H and O–H groups in total. The van der Waals surface area contributed by atoms with Crippen LogP contribution in [0.3, 0.4) is 0 Å². The van der Waals surface area contributed by atoms with E-state index in [1.807, 2.05) is 32.0 Å². The van der Waals surface area contributed by atoms with Crippen molar-refractivity contribution in [1.29, 1.82) is 0 Å². The van der Waals surface area contributed by atoms with Crippen LogP contribution in [0.15, 0.2) is 18.2 Å². The van der Waals surface area contributed by atoms with Gasteiger partial charge in [-0.05, 0) is 57.8 Å². The lowest BCUT2D eigenvalue weighted by molar-refractivity contribution is 0.584. The van der Waals surface area contributed by atoms with Crippen molar-refractivity contribution in [3.63, 3.8) is 0 Å². The molecule has 0 amide bonds. The molecule has 0 saturated carbocycles. The fraction of sp³-hybridized carbons (Fsp3) is 0.625. The summed E-state index contributed by atoms with van der Waals surface area (Å²) in [6, 6.07) is 5.84. The number of aryl methyl sites for hydroxylation is 2. The van der Waals surface area contributed by atoms with E-state index in [1.165, 1.54) is 4.31 Å². The maximum atomic E-state index is 12.4. The van der Waals surface area contributed by atoms with Crippen LogP contribution in [-0.2, 0) is 10.0 Å². The Balaban J connectivity index is 2.57. The second-order valence-electron chi connectivity index (χ2n) is 5.53. The van der Waals surface area contributed by atoms with Crippen LogP contribution in [0.25, 0.3) is 0 Å². The molecule has 0 unspecified atom stereocenters. The molecule has 21 heavy (non-hydrogen) atoms. The van der Waals surface area contributed by atoms with Gasteiger partial charge in [-0.1, -0.05) is 24.6 Å². The van der Waals surface area contributed by atoms with Gasteiger partial charge in [0.2, 0.25) is 10.0 Å². The van der Waals surface area contributed by atoms with E-state index in [0.29, 0.717) is 6.42 Å². The number of anilines is 1. The van der Waals surface area contributed by atoms with Crippen molar-refractivity contribution in [3.8, 4) is 0 Å². The van der Waals surface area contributed by atoms with E-state index in [-0.39, 0.29) is 5.75 Å². The van der Waals surface area contributed by atoms with Gasteiger partial charge in [0, 0.05) is 7.05 Å². The smallest absolute Gasteiger partial charge is 0.234 e. The Hall–Kier alpha value is -1.07. The van der Waals surface area contributed by atoms with Gasteiger partial charge in [-0.3, -0.25) is 4.31 Å². The average molecular weight is 312 g/mol. The number of nitrogens with one attached hydrogen (secondary N) is 1. The largest absolute Gasteiger partial charge is 0.317 e. The number of rotatable bonds is 9. The molecule has 0 spiro atoms. The van der Waals surface area contributed by atoms with Gasteiger partial charge in [0.05, 0.1) is 11.4 Å². The molecule has 0 radical (unpaired) electrons. The lowest BCUT2D eigenvalue weighted by Crippen LogP contribution is -2.30. The number of unbranched alkanes of at least 4 members (excludes halogenated alkanes) is 1. The molecule has 0 bridgehead atoms. The first-order valence-electron chi connectivity index (χ1n) is 7.63. The SMILES string of the molecule is CCCNCCCCS(=O)(=O)N(C)c1ccc(C)cc1C. The molecule has 0 aliphatic heterocycles. The highest BCUT2D eigenvalue weighted by molar-refractivity contribution is 7.92. The van der Waals surface area contributed by atoms with Crippen LogP contribution in [0, 0.1) is 13.8 Å². The maximum Gasteiger partial charge on any atom is 0.234 e. The summed E-state index contributed by atoms with van der Waals surface area (Å²) < 4.78 is 26.1. The van der Waals surface area contributed by atoms with E-state index in [9.17, 15) is 8.42 Å². The molecular weight excluding hydrogens is 284 g/mol. The van der Waals surface area contributed by atoms with Crippen molar-refractivity contribution < 1.29 is 8.42 Å². The molecule has 0 aromatic heterocycles. The summed E-state index contributed by atoms with van der Waals surface area (Å²) in [6.07, 6.45) is 2.68. The lowest BCUT2D eigenvalue weighted by atomic mass is 10.1. The summed E-state index contributed by atoms with van der Waals surface area (Å²) in [5, 5.41) is 3.29. The van der Waals surface area contributed by atoms with E-state index in [0.717, 1.165) is 42.7 Å². The van der Waals surface area contributed by atoms with Crippen LogP contribution in [0.4, 0.5) is 5.69 Å². The predicted octanol–water partition coefficient (Wildman–Crippen LogP) is 2.85. The highest BCUT2D eigenvalue weighted by Gasteiger charge is 2.19.